The highest BCUT2D eigenvalue weighted by atomic mass is 16.3. The minimum Gasteiger partial charge on any atom is -0.447 e. The van der Waals surface area contributed by atoms with Crippen LogP contribution in [0.5, 0.6) is 0 Å². The van der Waals surface area contributed by atoms with Gasteiger partial charge in [-0.2, -0.15) is 0 Å². The van der Waals surface area contributed by atoms with Gasteiger partial charge in [0.05, 0.1) is 6.26 Å². The topological polar surface area (TPSA) is 51.5 Å². The molecule has 0 aromatic carbocycles. The zero-order valence-corrected chi connectivity index (χ0v) is 4.29. The minimum absolute atomic E-state index is 0.319. The number of furan rings is 1. The van der Waals surface area contributed by atoms with Crippen LogP contribution < -0.4 is 5.73 Å². The summed E-state index contributed by atoms with van der Waals surface area (Å²) >= 11 is 0. The average Bonchev–Trinajstić information content (AvgIpc) is 2.14. The Balaban J connectivity index is 3.09. The Morgan fingerprint density at radius 1 is 1.75 bits per heavy atom. The first-order valence-electron chi connectivity index (χ1n) is 2.14. The van der Waals surface area contributed by atoms with Crippen LogP contribution >= 0.6 is 0 Å². The van der Waals surface area contributed by atoms with Crippen LogP contribution in [0.2, 0.25) is 0 Å². The highest BCUT2D eigenvalue weighted by Gasteiger charge is 1.94. The van der Waals surface area contributed by atoms with Crippen molar-refractivity contribution in [3.05, 3.63) is 12.3 Å². The molecule has 0 bridgehead atoms. The van der Waals surface area contributed by atoms with E-state index in [0.29, 0.717) is 11.6 Å². The quantitative estimate of drug-likeness (QED) is 0.552. The zero-order valence-electron chi connectivity index (χ0n) is 4.29. The van der Waals surface area contributed by atoms with Crippen molar-refractivity contribution in [2.24, 2.45) is 4.99 Å². The van der Waals surface area contributed by atoms with Gasteiger partial charge in [0.15, 0.2) is 0 Å². The third-order valence-electron chi connectivity index (χ3n) is 0.844. The molecule has 0 saturated heterocycles. The van der Waals surface area contributed by atoms with Gasteiger partial charge in [0.2, 0.25) is 5.88 Å². The molecule has 1 heterocycles. The van der Waals surface area contributed by atoms with Gasteiger partial charge in [-0.05, 0) is 6.72 Å². The molecule has 2 N–H and O–H groups in total. The van der Waals surface area contributed by atoms with Gasteiger partial charge in [-0.25, -0.2) is 0 Å². The lowest BCUT2D eigenvalue weighted by molar-refractivity contribution is 0.588. The van der Waals surface area contributed by atoms with Crippen molar-refractivity contribution in [2.45, 2.75) is 0 Å². The number of anilines is 1. The Morgan fingerprint density at radius 2 is 2.50 bits per heavy atom. The molecule has 1 aromatic rings. The van der Waals surface area contributed by atoms with E-state index < -0.39 is 0 Å². The smallest absolute Gasteiger partial charge is 0.215 e. The summed E-state index contributed by atoms with van der Waals surface area (Å²) in [5.41, 5.74) is 5.85. The van der Waals surface area contributed by atoms with Gasteiger partial charge in [-0.15, -0.1) is 0 Å². The summed E-state index contributed by atoms with van der Waals surface area (Å²) in [5, 5.41) is 0. The van der Waals surface area contributed by atoms with Crippen LogP contribution in [0.25, 0.3) is 0 Å². The number of aliphatic imine (C=N–C) groups is 1. The van der Waals surface area contributed by atoms with Gasteiger partial charge in [0, 0.05) is 6.07 Å². The predicted octanol–water partition coefficient (Wildman–Crippen LogP) is 1.19. The normalized spacial score (nSPS) is 9.00. The van der Waals surface area contributed by atoms with Crippen LogP contribution in [0.3, 0.4) is 0 Å². The summed E-state index contributed by atoms with van der Waals surface area (Å²) in [4.78, 5) is 3.56. The van der Waals surface area contributed by atoms with Crippen LogP contribution in [0.4, 0.5) is 11.6 Å². The summed E-state index contributed by atoms with van der Waals surface area (Å²) < 4.78 is 4.70. The molecule has 0 fully saturated rings. The number of nitrogen functional groups attached to an aromatic ring is 1. The molecule has 0 aliphatic rings. The largest absolute Gasteiger partial charge is 0.447 e. The number of nitrogens with zero attached hydrogens (tertiary/aromatic N) is 1. The first-order chi connectivity index (χ1) is 3.84. The third-order valence-corrected chi connectivity index (χ3v) is 0.844. The molecule has 0 spiro atoms. The van der Waals surface area contributed by atoms with E-state index in [-0.39, 0.29) is 0 Å². The van der Waals surface area contributed by atoms with Crippen molar-refractivity contribution < 1.29 is 4.42 Å². The molecule has 0 amide bonds. The standard InChI is InChI=1S/C5H6N2O/c1-7-4-2-3-8-5(4)6/h2-3H,1,6H2. The first kappa shape index (κ1) is 4.90. The lowest BCUT2D eigenvalue weighted by atomic mass is 10.5. The highest BCUT2D eigenvalue weighted by Crippen LogP contribution is 2.20. The monoisotopic (exact) mass is 110 g/mol. The number of hydrogen-bond donors (Lipinski definition) is 1. The predicted molar refractivity (Wildman–Crippen MR) is 32.3 cm³/mol. The molecule has 1 aromatic heterocycles. The number of rotatable bonds is 1. The lowest BCUT2D eigenvalue weighted by Crippen LogP contribution is -1.77. The second kappa shape index (κ2) is 1.69. The second-order valence-electron chi connectivity index (χ2n) is 1.33. The third kappa shape index (κ3) is 0.578. The van der Waals surface area contributed by atoms with Crippen LogP contribution in [-0.2, 0) is 0 Å². The molecule has 0 aliphatic heterocycles. The number of nitrogens with two attached hydrogens (primary N) is 1. The highest BCUT2D eigenvalue weighted by molar-refractivity contribution is 5.58. The van der Waals surface area contributed by atoms with Gasteiger partial charge < -0.3 is 10.2 Å². The van der Waals surface area contributed by atoms with Crippen molar-refractivity contribution >= 4 is 18.3 Å². The fourth-order valence-electron chi connectivity index (χ4n) is 0.445. The van der Waals surface area contributed by atoms with Crippen LogP contribution in [0.1, 0.15) is 0 Å². The van der Waals surface area contributed by atoms with E-state index >= 15 is 0 Å². The molecule has 0 radical (unpaired) electrons. The van der Waals surface area contributed by atoms with Gasteiger partial charge in [-0.1, -0.05) is 0 Å². The fourth-order valence-corrected chi connectivity index (χ4v) is 0.445. The van der Waals surface area contributed by atoms with Crippen LogP contribution in [-0.4, -0.2) is 6.72 Å². The van der Waals surface area contributed by atoms with Crippen molar-refractivity contribution in [1.82, 2.24) is 0 Å². The molecule has 0 aliphatic carbocycles. The van der Waals surface area contributed by atoms with Gasteiger partial charge >= 0.3 is 0 Å². The Labute approximate surface area is 46.8 Å². The SMILES string of the molecule is C=Nc1ccoc1N. The van der Waals surface area contributed by atoms with Gasteiger partial charge in [0.1, 0.15) is 5.69 Å². The maximum absolute atomic E-state index is 5.25. The Hall–Kier alpha value is -1.25. The zero-order chi connectivity index (χ0) is 5.98. The molecule has 3 heteroatoms. The molecule has 0 atom stereocenters. The van der Waals surface area contributed by atoms with Crippen molar-refractivity contribution in [1.29, 1.82) is 0 Å². The van der Waals surface area contributed by atoms with E-state index in [9.17, 15) is 0 Å². The minimum atomic E-state index is 0.319. The van der Waals surface area contributed by atoms with Gasteiger partial charge in [0.25, 0.3) is 0 Å². The summed E-state index contributed by atoms with van der Waals surface area (Å²) in [6, 6.07) is 1.66. The lowest BCUT2D eigenvalue weighted by Gasteiger charge is -1.81. The molecular weight excluding hydrogens is 104 g/mol. The van der Waals surface area contributed by atoms with Crippen molar-refractivity contribution in [2.75, 3.05) is 5.73 Å². The summed E-state index contributed by atoms with van der Waals surface area (Å²) in [7, 11) is 0. The molecule has 0 saturated carbocycles. The maximum Gasteiger partial charge on any atom is 0.215 e. The first-order valence-corrected chi connectivity index (χ1v) is 2.14. The molecular formula is C5H6N2O. The number of hydrogen-bond acceptors (Lipinski definition) is 3. The van der Waals surface area contributed by atoms with E-state index in [4.69, 9.17) is 10.2 Å². The van der Waals surface area contributed by atoms with E-state index in [1.165, 1.54) is 6.26 Å². The summed E-state index contributed by atoms with van der Waals surface area (Å²) in [6.45, 7) is 3.27. The van der Waals surface area contributed by atoms with E-state index in [1.54, 1.807) is 6.07 Å². The van der Waals surface area contributed by atoms with Crippen LogP contribution in [0, 0.1) is 0 Å². The Bertz CT molecular complexity index is 192. The van der Waals surface area contributed by atoms with E-state index in [1.807, 2.05) is 0 Å². The maximum atomic E-state index is 5.25. The average molecular weight is 110 g/mol. The Morgan fingerprint density at radius 3 is 2.75 bits per heavy atom. The summed E-state index contributed by atoms with van der Waals surface area (Å²) in [6.07, 6.45) is 1.47. The molecule has 0 unspecified atom stereocenters. The van der Waals surface area contributed by atoms with Crippen molar-refractivity contribution in [3.8, 4) is 0 Å². The molecule has 42 valence electrons. The van der Waals surface area contributed by atoms with E-state index in [0.717, 1.165) is 0 Å². The second-order valence-corrected chi connectivity index (χ2v) is 1.33. The van der Waals surface area contributed by atoms with E-state index in [2.05, 4.69) is 11.7 Å². The summed E-state index contributed by atoms with van der Waals surface area (Å²) in [5.74, 6) is 0.319. The van der Waals surface area contributed by atoms with Crippen LogP contribution in [0.15, 0.2) is 21.7 Å². The van der Waals surface area contributed by atoms with Gasteiger partial charge in [-0.3, -0.25) is 4.99 Å². The van der Waals surface area contributed by atoms with Crippen molar-refractivity contribution in [3.63, 3.8) is 0 Å². The fraction of sp³-hybridized carbons (Fsp3) is 0. The molecule has 8 heavy (non-hydrogen) atoms. The molecule has 1 rings (SSSR count). The molecule has 3 nitrogen and oxygen atoms in total. The Kier molecular flexibility index (Phi) is 1.04.